The van der Waals surface area contributed by atoms with Crippen LogP contribution in [0, 0.1) is 0 Å². The van der Waals surface area contributed by atoms with Gasteiger partial charge in [0.1, 0.15) is 0 Å². The molecule has 0 aliphatic carbocycles. The first kappa shape index (κ1) is 15.8. The molecule has 2 atom stereocenters. The van der Waals surface area contributed by atoms with Crippen molar-refractivity contribution >= 4 is 17.7 Å². The Labute approximate surface area is 104 Å². The van der Waals surface area contributed by atoms with Crippen LogP contribution in [0.5, 0.6) is 0 Å². The van der Waals surface area contributed by atoms with Crippen molar-refractivity contribution in [1.82, 2.24) is 10.6 Å². The van der Waals surface area contributed by atoms with Gasteiger partial charge in [-0.1, -0.05) is 20.8 Å². The molecule has 0 rings (SSSR count). The number of carbonyl (C=O) groups is 1. The largest absolute Gasteiger partial charge is 0.352 e. The van der Waals surface area contributed by atoms with Gasteiger partial charge in [-0.2, -0.15) is 11.8 Å². The zero-order chi connectivity index (χ0) is 12.6. The number of hydrogen-bond donors (Lipinski definition) is 2. The second-order valence-corrected chi connectivity index (χ2v) is 5.47. The van der Waals surface area contributed by atoms with E-state index in [1.807, 2.05) is 18.7 Å². The van der Waals surface area contributed by atoms with Crippen LogP contribution in [-0.2, 0) is 4.79 Å². The summed E-state index contributed by atoms with van der Waals surface area (Å²) in [6.07, 6.45) is 4.08. The molecule has 0 saturated carbocycles. The molecule has 0 aliphatic rings. The fourth-order valence-corrected chi connectivity index (χ4v) is 1.60. The summed E-state index contributed by atoms with van der Waals surface area (Å²) in [4.78, 5) is 11.8. The van der Waals surface area contributed by atoms with Gasteiger partial charge in [0.25, 0.3) is 0 Å². The van der Waals surface area contributed by atoms with E-state index >= 15 is 0 Å². The smallest absolute Gasteiger partial charge is 0.237 e. The van der Waals surface area contributed by atoms with Gasteiger partial charge in [-0.05, 0) is 26.0 Å². The molecule has 0 aromatic carbocycles. The van der Waals surface area contributed by atoms with Crippen molar-refractivity contribution in [3.05, 3.63) is 0 Å². The average Bonchev–Trinajstić information content (AvgIpc) is 2.31. The summed E-state index contributed by atoms with van der Waals surface area (Å²) < 4.78 is 0. The van der Waals surface area contributed by atoms with E-state index in [2.05, 4.69) is 37.7 Å². The van der Waals surface area contributed by atoms with Crippen LogP contribution in [0.2, 0.25) is 0 Å². The summed E-state index contributed by atoms with van der Waals surface area (Å²) in [5.74, 6) is 0.113. The molecule has 0 bridgehead atoms. The number of thioether (sulfide) groups is 1. The van der Waals surface area contributed by atoms with Gasteiger partial charge < -0.3 is 10.6 Å². The Morgan fingerprint density at radius 3 is 2.25 bits per heavy atom. The maximum atomic E-state index is 11.8. The van der Waals surface area contributed by atoms with Crippen molar-refractivity contribution in [3.63, 3.8) is 0 Å². The molecule has 0 saturated heterocycles. The summed E-state index contributed by atoms with van der Waals surface area (Å²) in [7, 11) is 0. The molecule has 4 heteroatoms. The van der Waals surface area contributed by atoms with Crippen LogP contribution in [0.4, 0.5) is 0 Å². The third-order valence-corrected chi connectivity index (χ3v) is 3.81. The van der Waals surface area contributed by atoms with E-state index in [4.69, 9.17) is 0 Å². The van der Waals surface area contributed by atoms with Crippen LogP contribution >= 0.6 is 11.8 Å². The SMILES string of the molecule is CCC(CC)NC(=O)C(C)NCC(C)SC. The van der Waals surface area contributed by atoms with Gasteiger partial charge in [-0.25, -0.2) is 0 Å². The molecule has 0 aromatic rings. The van der Waals surface area contributed by atoms with E-state index in [-0.39, 0.29) is 11.9 Å². The van der Waals surface area contributed by atoms with Crippen LogP contribution in [0.15, 0.2) is 0 Å². The predicted molar refractivity (Wildman–Crippen MR) is 73.0 cm³/mol. The molecular weight excluding hydrogens is 220 g/mol. The first-order chi connectivity index (χ1) is 7.54. The summed E-state index contributed by atoms with van der Waals surface area (Å²) in [6, 6.07) is 0.213. The summed E-state index contributed by atoms with van der Waals surface area (Å²) in [5.41, 5.74) is 0. The minimum Gasteiger partial charge on any atom is -0.352 e. The Kier molecular flexibility index (Phi) is 8.76. The van der Waals surface area contributed by atoms with Crippen molar-refractivity contribution in [3.8, 4) is 0 Å². The highest BCUT2D eigenvalue weighted by molar-refractivity contribution is 7.99. The van der Waals surface area contributed by atoms with Crippen LogP contribution < -0.4 is 10.6 Å². The molecular formula is C12H26N2OS. The fraction of sp³-hybridized carbons (Fsp3) is 0.917. The summed E-state index contributed by atoms with van der Waals surface area (Å²) >= 11 is 1.81. The topological polar surface area (TPSA) is 41.1 Å². The number of nitrogens with one attached hydrogen (secondary N) is 2. The maximum Gasteiger partial charge on any atom is 0.237 e. The van der Waals surface area contributed by atoms with Crippen molar-refractivity contribution in [1.29, 1.82) is 0 Å². The minimum absolute atomic E-state index is 0.102. The second-order valence-electron chi connectivity index (χ2n) is 4.20. The number of amides is 1. The predicted octanol–water partition coefficient (Wildman–Crippen LogP) is 2.02. The summed E-state index contributed by atoms with van der Waals surface area (Å²) in [6.45, 7) is 9.15. The maximum absolute atomic E-state index is 11.8. The number of carbonyl (C=O) groups excluding carboxylic acids is 1. The summed E-state index contributed by atoms with van der Waals surface area (Å²) in [5, 5.41) is 6.85. The monoisotopic (exact) mass is 246 g/mol. The van der Waals surface area contributed by atoms with Gasteiger partial charge in [0.2, 0.25) is 5.91 Å². The Morgan fingerprint density at radius 1 is 1.25 bits per heavy atom. The molecule has 2 N–H and O–H groups in total. The van der Waals surface area contributed by atoms with Crippen LogP contribution in [0.1, 0.15) is 40.5 Å². The normalized spacial score (nSPS) is 14.9. The molecule has 1 amide bonds. The van der Waals surface area contributed by atoms with E-state index in [0.717, 1.165) is 19.4 Å². The molecule has 0 fully saturated rings. The highest BCUT2D eigenvalue weighted by Crippen LogP contribution is 2.03. The van der Waals surface area contributed by atoms with E-state index in [1.54, 1.807) is 0 Å². The lowest BCUT2D eigenvalue weighted by Gasteiger charge is -2.20. The Hall–Kier alpha value is -0.220. The number of hydrogen-bond acceptors (Lipinski definition) is 3. The van der Waals surface area contributed by atoms with Gasteiger partial charge in [0, 0.05) is 17.8 Å². The van der Waals surface area contributed by atoms with Crippen molar-refractivity contribution in [2.75, 3.05) is 12.8 Å². The van der Waals surface area contributed by atoms with E-state index < -0.39 is 0 Å². The molecule has 2 unspecified atom stereocenters. The van der Waals surface area contributed by atoms with Crippen molar-refractivity contribution < 1.29 is 4.79 Å². The van der Waals surface area contributed by atoms with Gasteiger partial charge in [0.15, 0.2) is 0 Å². The molecule has 0 aliphatic heterocycles. The fourth-order valence-electron chi connectivity index (χ4n) is 1.34. The number of rotatable bonds is 8. The van der Waals surface area contributed by atoms with Crippen molar-refractivity contribution in [2.45, 2.75) is 57.9 Å². The Morgan fingerprint density at radius 2 is 1.81 bits per heavy atom. The van der Waals surface area contributed by atoms with E-state index in [1.165, 1.54) is 0 Å². The third-order valence-electron chi connectivity index (χ3n) is 2.84. The van der Waals surface area contributed by atoms with Gasteiger partial charge >= 0.3 is 0 Å². The van der Waals surface area contributed by atoms with E-state index in [0.29, 0.717) is 11.3 Å². The van der Waals surface area contributed by atoms with Crippen LogP contribution in [-0.4, -0.2) is 36.0 Å². The van der Waals surface area contributed by atoms with Gasteiger partial charge in [0.05, 0.1) is 6.04 Å². The quantitative estimate of drug-likeness (QED) is 0.688. The van der Waals surface area contributed by atoms with Gasteiger partial charge in [-0.15, -0.1) is 0 Å². The highest BCUT2D eigenvalue weighted by Gasteiger charge is 2.15. The standard InChI is InChI=1S/C12H26N2OS/c1-6-11(7-2)14-12(15)10(4)13-8-9(3)16-5/h9-11,13H,6-8H2,1-5H3,(H,14,15). The Balaban J connectivity index is 3.89. The molecule has 3 nitrogen and oxygen atoms in total. The average molecular weight is 246 g/mol. The van der Waals surface area contributed by atoms with Crippen LogP contribution in [0.3, 0.4) is 0 Å². The first-order valence-corrected chi connectivity index (χ1v) is 7.40. The van der Waals surface area contributed by atoms with Crippen LogP contribution in [0.25, 0.3) is 0 Å². The van der Waals surface area contributed by atoms with Crippen molar-refractivity contribution in [2.24, 2.45) is 0 Å². The Bertz CT molecular complexity index is 195. The lowest BCUT2D eigenvalue weighted by molar-refractivity contribution is -0.123. The molecule has 0 aromatic heterocycles. The minimum atomic E-state index is -0.102. The third kappa shape index (κ3) is 6.38. The van der Waals surface area contributed by atoms with Gasteiger partial charge in [-0.3, -0.25) is 4.79 Å². The second kappa shape index (κ2) is 8.88. The zero-order valence-electron chi connectivity index (χ0n) is 11.2. The highest BCUT2D eigenvalue weighted by atomic mass is 32.2. The molecule has 96 valence electrons. The molecule has 0 heterocycles. The molecule has 0 radical (unpaired) electrons. The lowest BCUT2D eigenvalue weighted by atomic mass is 10.1. The lowest BCUT2D eigenvalue weighted by Crippen LogP contribution is -2.47. The van der Waals surface area contributed by atoms with E-state index in [9.17, 15) is 4.79 Å². The zero-order valence-corrected chi connectivity index (χ0v) is 12.0. The molecule has 16 heavy (non-hydrogen) atoms. The first-order valence-electron chi connectivity index (χ1n) is 6.11. The molecule has 0 spiro atoms.